The zero-order chi connectivity index (χ0) is 19.8. The molecule has 2 heterocycles. The van der Waals surface area contributed by atoms with Gasteiger partial charge in [-0.25, -0.2) is 14.2 Å². The van der Waals surface area contributed by atoms with Gasteiger partial charge in [-0.3, -0.25) is 9.20 Å². The van der Waals surface area contributed by atoms with E-state index >= 15 is 0 Å². The van der Waals surface area contributed by atoms with Crippen molar-refractivity contribution in [1.29, 1.82) is 0 Å². The van der Waals surface area contributed by atoms with Gasteiger partial charge in [0.1, 0.15) is 12.1 Å². The van der Waals surface area contributed by atoms with E-state index in [0.717, 1.165) is 0 Å². The maximum atomic E-state index is 13.2. The van der Waals surface area contributed by atoms with Gasteiger partial charge in [0, 0.05) is 16.0 Å². The molecule has 4 aromatic rings. The third kappa shape index (κ3) is 3.01. The molecule has 0 aliphatic heterocycles. The molecule has 4 rings (SSSR count). The van der Waals surface area contributed by atoms with Gasteiger partial charge in [-0.05, 0) is 55.5 Å². The topological polar surface area (TPSA) is 60.7 Å². The Hall–Kier alpha value is -3.25. The molecule has 0 radical (unpaired) electrons. The Bertz CT molecular complexity index is 1230. The van der Waals surface area contributed by atoms with Gasteiger partial charge in [0.15, 0.2) is 0 Å². The molecule has 0 saturated carbocycles. The smallest absolute Gasteiger partial charge is 0.340 e. The molecule has 0 N–H and O–H groups in total. The van der Waals surface area contributed by atoms with Crippen LogP contribution >= 0.6 is 11.6 Å². The highest BCUT2D eigenvalue weighted by Crippen LogP contribution is 2.29. The van der Waals surface area contributed by atoms with E-state index in [0.29, 0.717) is 27.0 Å². The number of ether oxygens (including phenoxy) is 1. The first kappa shape index (κ1) is 18.1. The molecule has 5 nitrogen and oxygen atoms in total. The number of benzene rings is 2. The van der Waals surface area contributed by atoms with Crippen LogP contribution in [-0.2, 0) is 4.74 Å². The van der Waals surface area contributed by atoms with Crippen LogP contribution in [0.2, 0.25) is 5.02 Å². The number of ketones is 1. The molecule has 28 heavy (non-hydrogen) atoms. The van der Waals surface area contributed by atoms with Crippen LogP contribution in [-0.4, -0.2) is 27.7 Å². The third-order valence-corrected chi connectivity index (χ3v) is 4.63. The minimum Gasteiger partial charge on any atom is -0.462 e. The number of halogens is 2. The molecule has 7 heteroatoms. The van der Waals surface area contributed by atoms with Crippen molar-refractivity contribution >= 4 is 39.8 Å². The van der Waals surface area contributed by atoms with Crippen LogP contribution in [0.5, 0.6) is 0 Å². The molecular weight excluding hydrogens is 383 g/mol. The molecule has 0 aliphatic rings. The van der Waals surface area contributed by atoms with Gasteiger partial charge in [-0.2, -0.15) is 0 Å². The van der Waals surface area contributed by atoms with Crippen molar-refractivity contribution in [2.45, 2.75) is 6.92 Å². The minimum atomic E-state index is -0.550. The summed E-state index contributed by atoms with van der Waals surface area (Å²) >= 11 is 6.14. The lowest BCUT2D eigenvalue weighted by Gasteiger charge is -2.06. The van der Waals surface area contributed by atoms with Crippen LogP contribution in [0, 0.1) is 5.82 Å². The molecule has 0 saturated heterocycles. The standard InChI is InChI=1S/C21H14ClFN2O3/c1-2-28-21(27)16-10-18(20(26)12-3-6-14(23)7-4-12)25-11-24-17-8-5-13(22)9-15(17)19(16)25/h3-11H,2H2,1H3. The fourth-order valence-corrected chi connectivity index (χ4v) is 3.31. The molecule has 0 spiro atoms. The lowest BCUT2D eigenvalue weighted by Crippen LogP contribution is -2.05. The Labute approximate surface area is 164 Å². The van der Waals surface area contributed by atoms with Gasteiger partial charge in [0.25, 0.3) is 0 Å². The summed E-state index contributed by atoms with van der Waals surface area (Å²) in [6.45, 7) is 1.90. The third-order valence-electron chi connectivity index (χ3n) is 4.40. The second-order valence-corrected chi connectivity index (χ2v) is 6.56. The van der Waals surface area contributed by atoms with Crippen molar-refractivity contribution in [3.05, 3.63) is 82.5 Å². The van der Waals surface area contributed by atoms with E-state index in [9.17, 15) is 14.0 Å². The summed E-state index contributed by atoms with van der Waals surface area (Å²) < 4.78 is 19.9. The lowest BCUT2D eigenvalue weighted by atomic mass is 10.1. The van der Waals surface area contributed by atoms with Crippen LogP contribution in [0.25, 0.3) is 16.4 Å². The number of hydrogen-bond acceptors (Lipinski definition) is 4. The van der Waals surface area contributed by atoms with Gasteiger partial charge in [0.2, 0.25) is 5.78 Å². The van der Waals surface area contributed by atoms with Gasteiger partial charge >= 0.3 is 5.97 Å². The highest BCUT2D eigenvalue weighted by atomic mass is 35.5. The van der Waals surface area contributed by atoms with Crippen molar-refractivity contribution in [3.8, 4) is 0 Å². The van der Waals surface area contributed by atoms with Gasteiger partial charge in [0.05, 0.1) is 28.9 Å². The first-order valence-electron chi connectivity index (χ1n) is 8.56. The number of hydrogen-bond donors (Lipinski definition) is 0. The summed E-state index contributed by atoms with van der Waals surface area (Å²) in [4.78, 5) is 29.9. The van der Waals surface area contributed by atoms with Crippen molar-refractivity contribution in [2.75, 3.05) is 6.61 Å². The Balaban J connectivity index is 2.01. The SMILES string of the molecule is CCOC(=O)c1cc(C(=O)c2ccc(F)cc2)n2cnc3ccc(Cl)cc3c12. The summed E-state index contributed by atoms with van der Waals surface area (Å²) in [6.07, 6.45) is 1.48. The van der Waals surface area contributed by atoms with E-state index in [-0.39, 0.29) is 23.6 Å². The summed E-state index contributed by atoms with van der Waals surface area (Å²) in [5.41, 5.74) is 1.86. The van der Waals surface area contributed by atoms with Gasteiger partial charge in [-0.15, -0.1) is 0 Å². The first-order valence-corrected chi connectivity index (χ1v) is 8.94. The number of nitrogens with zero attached hydrogens (tertiary/aromatic N) is 2. The zero-order valence-corrected chi connectivity index (χ0v) is 15.5. The molecule has 140 valence electrons. The molecular formula is C21H14ClFN2O3. The Morgan fingerprint density at radius 2 is 1.89 bits per heavy atom. The number of fused-ring (bicyclic) bond motifs is 3. The maximum absolute atomic E-state index is 13.2. The molecule has 0 bridgehead atoms. The number of carbonyl (C=O) groups excluding carboxylic acids is 2. The van der Waals surface area contributed by atoms with Crippen LogP contribution in [0.3, 0.4) is 0 Å². The molecule has 0 unspecified atom stereocenters. The maximum Gasteiger partial charge on any atom is 0.340 e. The number of rotatable bonds is 4. The largest absolute Gasteiger partial charge is 0.462 e. The van der Waals surface area contributed by atoms with E-state index in [2.05, 4.69) is 4.98 Å². The van der Waals surface area contributed by atoms with Crippen LogP contribution < -0.4 is 0 Å². The van der Waals surface area contributed by atoms with E-state index in [4.69, 9.17) is 16.3 Å². The summed E-state index contributed by atoms with van der Waals surface area (Å²) in [7, 11) is 0. The van der Waals surface area contributed by atoms with Crippen LogP contribution in [0.15, 0.2) is 54.9 Å². The minimum absolute atomic E-state index is 0.196. The molecule has 0 amide bonds. The highest BCUT2D eigenvalue weighted by Gasteiger charge is 2.23. The molecule has 0 atom stereocenters. The average Bonchev–Trinajstić information content (AvgIpc) is 3.08. The number of carbonyl (C=O) groups is 2. The van der Waals surface area contributed by atoms with E-state index in [1.54, 1.807) is 25.1 Å². The summed E-state index contributed by atoms with van der Waals surface area (Å²) in [6, 6.07) is 11.8. The Morgan fingerprint density at radius 3 is 2.61 bits per heavy atom. The Morgan fingerprint density at radius 1 is 1.14 bits per heavy atom. The zero-order valence-electron chi connectivity index (χ0n) is 14.8. The molecule has 0 fully saturated rings. The first-order chi connectivity index (χ1) is 13.5. The van der Waals surface area contributed by atoms with E-state index < -0.39 is 11.8 Å². The molecule has 2 aromatic carbocycles. The second-order valence-electron chi connectivity index (χ2n) is 6.12. The lowest BCUT2D eigenvalue weighted by molar-refractivity contribution is 0.0529. The van der Waals surface area contributed by atoms with Crippen LogP contribution in [0.4, 0.5) is 4.39 Å². The fourth-order valence-electron chi connectivity index (χ4n) is 3.14. The van der Waals surface area contributed by atoms with E-state index in [1.807, 2.05) is 0 Å². The molecule has 2 aromatic heterocycles. The Kier molecular flexibility index (Phi) is 4.57. The quantitative estimate of drug-likeness (QED) is 0.371. The monoisotopic (exact) mass is 396 g/mol. The van der Waals surface area contributed by atoms with Crippen LogP contribution in [0.1, 0.15) is 33.3 Å². The number of esters is 1. The normalized spacial score (nSPS) is 11.1. The predicted octanol–water partition coefficient (Wildman–Crippen LogP) is 4.69. The summed E-state index contributed by atoms with van der Waals surface area (Å²) in [5.74, 6) is -1.36. The van der Waals surface area contributed by atoms with Gasteiger partial charge in [-0.1, -0.05) is 11.6 Å². The van der Waals surface area contributed by atoms with Crippen molar-refractivity contribution in [3.63, 3.8) is 0 Å². The number of aromatic nitrogens is 2. The fraction of sp³-hybridized carbons (Fsp3) is 0.0952. The predicted molar refractivity (Wildman–Crippen MR) is 103 cm³/mol. The van der Waals surface area contributed by atoms with Crippen molar-refractivity contribution in [1.82, 2.24) is 9.38 Å². The molecule has 0 aliphatic carbocycles. The van der Waals surface area contributed by atoms with Crippen molar-refractivity contribution in [2.24, 2.45) is 0 Å². The second kappa shape index (κ2) is 7.05. The summed E-state index contributed by atoms with van der Waals surface area (Å²) in [5, 5.41) is 1.10. The van der Waals surface area contributed by atoms with Gasteiger partial charge < -0.3 is 4.74 Å². The average molecular weight is 397 g/mol. The highest BCUT2D eigenvalue weighted by molar-refractivity contribution is 6.31. The van der Waals surface area contributed by atoms with E-state index in [1.165, 1.54) is 41.1 Å². The van der Waals surface area contributed by atoms with Crippen molar-refractivity contribution < 1.29 is 18.7 Å².